The first kappa shape index (κ1) is 21.0. The number of nitrogens with zero attached hydrogens (tertiary/aromatic N) is 1. The van der Waals surface area contributed by atoms with Crippen LogP contribution in [0.25, 0.3) is 0 Å². The van der Waals surface area contributed by atoms with Crippen LogP contribution in [0, 0.1) is 12.8 Å². The van der Waals surface area contributed by atoms with Gasteiger partial charge in [-0.15, -0.1) is 12.4 Å². The standard InChI is InChI=1S/C18H27N3O3S.ClH/c1-13-3-6-17(20-25(2,23)24)16(11-13)18(22)21-9-7-15(8-10-21)19-12-14-4-5-14;/h3,6,11,14-15,19-20H,4-5,7-10,12H2,1-2H3;1H. The highest BCUT2D eigenvalue weighted by atomic mass is 35.5. The maximum atomic E-state index is 12.9. The molecule has 0 radical (unpaired) electrons. The van der Waals surface area contributed by atoms with E-state index in [1.165, 1.54) is 12.8 Å². The lowest BCUT2D eigenvalue weighted by Crippen LogP contribution is -2.45. The van der Waals surface area contributed by atoms with Crippen LogP contribution in [0.2, 0.25) is 0 Å². The molecular formula is C18H28ClN3O3S. The Labute approximate surface area is 162 Å². The van der Waals surface area contributed by atoms with Gasteiger partial charge in [-0.3, -0.25) is 9.52 Å². The summed E-state index contributed by atoms with van der Waals surface area (Å²) < 4.78 is 25.6. The highest BCUT2D eigenvalue weighted by Crippen LogP contribution is 2.28. The first-order chi connectivity index (χ1) is 11.8. The lowest BCUT2D eigenvalue weighted by atomic mass is 10.0. The predicted octanol–water partition coefficient (Wildman–Crippen LogP) is 2.39. The van der Waals surface area contributed by atoms with E-state index in [1.807, 2.05) is 11.8 Å². The average molecular weight is 402 g/mol. The number of hydrogen-bond acceptors (Lipinski definition) is 4. The van der Waals surface area contributed by atoms with Crippen molar-refractivity contribution in [2.45, 2.75) is 38.6 Å². The van der Waals surface area contributed by atoms with Crippen molar-refractivity contribution in [3.8, 4) is 0 Å². The molecule has 0 aromatic heterocycles. The number of hydrogen-bond donors (Lipinski definition) is 2. The number of carbonyl (C=O) groups excluding carboxylic acids is 1. The van der Waals surface area contributed by atoms with Gasteiger partial charge in [-0.2, -0.15) is 0 Å². The molecule has 2 fully saturated rings. The number of amides is 1. The largest absolute Gasteiger partial charge is 0.338 e. The van der Waals surface area contributed by atoms with Crippen molar-refractivity contribution in [2.75, 3.05) is 30.6 Å². The molecule has 8 heteroatoms. The third-order valence-corrected chi connectivity index (χ3v) is 5.47. The quantitative estimate of drug-likeness (QED) is 0.767. The summed E-state index contributed by atoms with van der Waals surface area (Å²) in [5.74, 6) is 0.757. The van der Waals surface area contributed by atoms with Gasteiger partial charge in [0.2, 0.25) is 10.0 Å². The molecule has 1 aliphatic carbocycles. The number of benzene rings is 1. The maximum absolute atomic E-state index is 12.9. The van der Waals surface area contributed by atoms with Gasteiger partial charge in [-0.1, -0.05) is 11.6 Å². The van der Waals surface area contributed by atoms with Crippen molar-refractivity contribution in [3.63, 3.8) is 0 Å². The van der Waals surface area contributed by atoms with Crippen LogP contribution < -0.4 is 10.0 Å². The lowest BCUT2D eigenvalue weighted by Gasteiger charge is -2.33. The van der Waals surface area contributed by atoms with Crippen LogP contribution in [0.4, 0.5) is 5.69 Å². The Morgan fingerprint density at radius 3 is 2.42 bits per heavy atom. The summed E-state index contributed by atoms with van der Waals surface area (Å²) >= 11 is 0. The first-order valence-electron chi connectivity index (χ1n) is 8.93. The van der Waals surface area contributed by atoms with Crippen molar-refractivity contribution in [3.05, 3.63) is 29.3 Å². The number of nitrogens with one attached hydrogen (secondary N) is 2. The van der Waals surface area contributed by atoms with E-state index in [-0.39, 0.29) is 18.3 Å². The molecule has 1 heterocycles. The number of likely N-dealkylation sites (tertiary alicyclic amines) is 1. The zero-order chi connectivity index (χ0) is 18.0. The normalized spacial score (nSPS) is 18.3. The minimum atomic E-state index is -3.43. The molecule has 2 N–H and O–H groups in total. The Balaban J connectivity index is 0.00000243. The van der Waals surface area contributed by atoms with Crippen LogP contribution in [0.3, 0.4) is 0 Å². The van der Waals surface area contributed by atoms with Crippen LogP contribution in [0.1, 0.15) is 41.6 Å². The van der Waals surface area contributed by atoms with Crippen LogP contribution in [0.15, 0.2) is 18.2 Å². The highest BCUT2D eigenvalue weighted by Gasteiger charge is 2.27. The van der Waals surface area contributed by atoms with Gasteiger partial charge in [-0.25, -0.2) is 8.42 Å². The first-order valence-corrected chi connectivity index (χ1v) is 10.8. The molecule has 0 spiro atoms. The van der Waals surface area contributed by atoms with Gasteiger partial charge in [0.05, 0.1) is 17.5 Å². The Bertz CT molecular complexity index is 742. The van der Waals surface area contributed by atoms with Gasteiger partial charge in [0.1, 0.15) is 0 Å². The maximum Gasteiger partial charge on any atom is 0.255 e. The molecule has 0 atom stereocenters. The number of rotatable bonds is 6. The van der Waals surface area contributed by atoms with Crippen LogP contribution >= 0.6 is 12.4 Å². The van der Waals surface area contributed by atoms with Gasteiger partial charge in [-0.05, 0) is 57.2 Å². The monoisotopic (exact) mass is 401 g/mol. The summed E-state index contributed by atoms with van der Waals surface area (Å²) in [6.07, 6.45) is 5.66. The molecule has 6 nitrogen and oxygen atoms in total. The number of anilines is 1. The summed E-state index contributed by atoms with van der Waals surface area (Å²) in [5, 5.41) is 3.60. The van der Waals surface area contributed by atoms with Gasteiger partial charge < -0.3 is 10.2 Å². The SMILES string of the molecule is Cc1ccc(NS(C)(=O)=O)c(C(=O)N2CCC(NCC3CC3)CC2)c1.Cl. The second kappa shape index (κ2) is 8.59. The molecular weight excluding hydrogens is 374 g/mol. The minimum Gasteiger partial charge on any atom is -0.338 e. The molecule has 1 saturated heterocycles. The fourth-order valence-corrected chi connectivity index (χ4v) is 3.81. The molecule has 1 aromatic carbocycles. The van der Waals surface area contributed by atoms with E-state index in [2.05, 4.69) is 10.0 Å². The summed E-state index contributed by atoms with van der Waals surface area (Å²) in [5.41, 5.74) is 1.71. The summed E-state index contributed by atoms with van der Waals surface area (Å²) in [6.45, 7) is 4.40. The molecule has 3 rings (SSSR count). The predicted molar refractivity (Wildman–Crippen MR) is 107 cm³/mol. The van der Waals surface area contributed by atoms with Crippen molar-refractivity contribution in [1.29, 1.82) is 0 Å². The van der Waals surface area contributed by atoms with E-state index in [4.69, 9.17) is 0 Å². The number of sulfonamides is 1. The number of carbonyl (C=O) groups is 1. The molecule has 1 aromatic rings. The third kappa shape index (κ3) is 5.86. The van der Waals surface area contributed by atoms with E-state index in [9.17, 15) is 13.2 Å². The summed E-state index contributed by atoms with van der Waals surface area (Å²) in [4.78, 5) is 14.7. The summed E-state index contributed by atoms with van der Waals surface area (Å²) in [7, 11) is -3.43. The van der Waals surface area contributed by atoms with Gasteiger partial charge >= 0.3 is 0 Å². The molecule has 0 bridgehead atoms. The second-order valence-electron chi connectivity index (χ2n) is 7.34. The van der Waals surface area contributed by atoms with E-state index >= 15 is 0 Å². The number of aryl methyl sites for hydroxylation is 1. The lowest BCUT2D eigenvalue weighted by molar-refractivity contribution is 0.0706. The zero-order valence-corrected chi connectivity index (χ0v) is 17.0. The van der Waals surface area contributed by atoms with E-state index < -0.39 is 10.0 Å². The molecule has 1 saturated carbocycles. The second-order valence-corrected chi connectivity index (χ2v) is 9.09. The molecule has 146 valence electrons. The van der Waals surface area contributed by atoms with E-state index in [0.29, 0.717) is 30.4 Å². The number of halogens is 1. The van der Waals surface area contributed by atoms with E-state index in [1.54, 1.807) is 18.2 Å². The van der Waals surface area contributed by atoms with Crippen LogP contribution in [-0.2, 0) is 10.0 Å². The average Bonchev–Trinajstić information content (AvgIpc) is 3.37. The third-order valence-electron chi connectivity index (χ3n) is 4.88. The van der Waals surface area contributed by atoms with Crippen LogP contribution in [0.5, 0.6) is 0 Å². The minimum absolute atomic E-state index is 0. The van der Waals surface area contributed by atoms with Crippen molar-refractivity contribution in [1.82, 2.24) is 10.2 Å². The molecule has 1 amide bonds. The fourth-order valence-electron chi connectivity index (χ4n) is 3.24. The zero-order valence-electron chi connectivity index (χ0n) is 15.3. The van der Waals surface area contributed by atoms with Crippen LogP contribution in [-0.4, -0.2) is 51.2 Å². The molecule has 26 heavy (non-hydrogen) atoms. The van der Waals surface area contributed by atoms with Crippen molar-refractivity contribution in [2.24, 2.45) is 5.92 Å². The molecule has 2 aliphatic rings. The Kier molecular flexibility index (Phi) is 6.93. The van der Waals surface area contributed by atoms with Crippen molar-refractivity contribution < 1.29 is 13.2 Å². The fraction of sp³-hybridized carbons (Fsp3) is 0.611. The molecule has 1 aliphatic heterocycles. The Morgan fingerprint density at radius 1 is 1.19 bits per heavy atom. The smallest absolute Gasteiger partial charge is 0.255 e. The topological polar surface area (TPSA) is 78.5 Å². The van der Waals surface area contributed by atoms with Gasteiger partial charge in [0.15, 0.2) is 0 Å². The molecule has 0 unspecified atom stereocenters. The highest BCUT2D eigenvalue weighted by molar-refractivity contribution is 7.92. The van der Waals surface area contributed by atoms with Gasteiger partial charge in [0.25, 0.3) is 5.91 Å². The van der Waals surface area contributed by atoms with Gasteiger partial charge in [0, 0.05) is 19.1 Å². The van der Waals surface area contributed by atoms with E-state index in [0.717, 1.165) is 37.1 Å². The van der Waals surface area contributed by atoms with Crippen molar-refractivity contribution >= 4 is 34.0 Å². The Hall–Kier alpha value is -1.31. The number of piperidine rings is 1. The summed E-state index contributed by atoms with van der Waals surface area (Å²) in [6, 6.07) is 5.70. The Morgan fingerprint density at radius 2 is 1.85 bits per heavy atom.